The summed E-state index contributed by atoms with van der Waals surface area (Å²) in [5.74, 6) is 0. The summed E-state index contributed by atoms with van der Waals surface area (Å²) < 4.78 is 15.5. The lowest BCUT2D eigenvalue weighted by atomic mass is 9.58. The third kappa shape index (κ3) is 8.50. The summed E-state index contributed by atoms with van der Waals surface area (Å²) >= 11 is 0. The lowest BCUT2D eigenvalue weighted by molar-refractivity contribution is 0.0482. The second kappa shape index (κ2) is 11.2. The minimum atomic E-state index is -0.559. The Morgan fingerprint density at radius 3 is 1.91 bits per heavy atom. The molecule has 182 valence electrons. The summed E-state index contributed by atoms with van der Waals surface area (Å²) in [5.41, 5.74) is 2.14. The number of amides is 1. The molecule has 0 radical (unpaired) electrons. The van der Waals surface area contributed by atoms with Crippen molar-refractivity contribution < 1.29 is 19.0 Å². The van der Waals surface area contributed by atoms with Gasteiger partial charge in [-0.15, -0.1) is 0 Å². The van der Waals surface area contributed by atoms with E-state index in [0.29, 0.717) is 19.8 Å². The van der Waals surface area contributed by atoms with Crippen molar-refractivity contribution in [2.24, 2.45) is 10.8 Å². The second-order valence-electron chi connectivity index (χ2n) is 11.4. The van der Waals surface area contributed by atoms with Gasteiger partial charge in [0.1, 0.15) is 13.2 Å². The highest BCUT2D eigenvalue weighted by molar-refractivity contribution is 5.68. The molecule has 1 N–H and O–H groups in total. The Morgan fingerprint density at radius 1 is 0.875 bits per heavy atom. The van der Waals surface area contributed by atoms with E-state index in [1.54, 1.807) is 0 Å². The first kappa shape index (κ1) is 28.0. The Balaban J connectivity index is 2.78. The highest BCUT2D eigenvalue weighted by atomic mass is 16.6. The van der Waals surface area contributed by atoms with Gasteiger partial charge in [-0.1, -0.05) is 79.3 Å². The molecule has 5 heteroatoms. The number of ether oxygens (including phenoxy) is 3. The number of rotatable bonds is 11. The number of benzene rings is 1. The van der Waals surface area contributed by atoms with Gasteiger partial charge in [0.15, 0.2) is 0 Å². The zero-order chi connectivity index (χ0) is 24.6. The molecule has 0 aliphatic rings. The van der Waals surface area contributed by atoms with Crippen molar-refractivity contribution in [2.45, 2.75) is 79.7 Å². The Morgan fingerprint density at radius 2 is 1.41 bits per heavy atom. The number of carbonyl (C=O) groups excluding carboxylic acids is 1. The topological polar surface area (TPSA) is 56.8 Å². The molecule has 1 aromatic carbocycles. The lowest BCUT2D eigenvalue weighted by Gasteiger charge is -2.46. The molecule has 0 fully saturated rings. The second-order valence-corrected chi connectivity index (χ2v) is 11.4. The molecule has 1 atom stereocenters. The Kier molecular flexibility index (Phi) is 9.83. The van der Waals surface area contributed by atoms with E-state index in [4.69, 9.17) is 14.2 Å². The third-order valence-electron chi connectivity index (χ3n) is 6.12. The molecule has 1 amide bonds. The molecule has 0 aromatic heterocycles. The standard InChI is InChI=1S/C27H45NO4/c1-11-30-16-17-31-18-19-32-23(29)28-26(8,9)21-12-14-22(15-13-21)27(10,25(5,6)7)20-24(2,3)4/h11-15H,1,16-20H2,2-10H3,(H,28,29). The molecule has 0 aliphatic carbocycles. The summed E-state index contributed by atoms with van der Waals surface area (Å²) in [6.45, 7) is 25.0. The van der Waals surface area contributed by atoms with Gasteiger partial charge in [0, 0.05) is 0 Å². The van der Waals surface area contributed by atoms with E-state index in [9.17, 15) is 4.79 Å². The van der Waals surface area contributed by atoms with Crippen LogP contribution < -0.4 is 5.32 Å². The van der Waals surface area contributed by atoms with Crippen molar-refractivity contribution in [1.82, 2.24) is 5.32 Å². The quantitative estimate of drug-likeness (QED) is 0.308. The molecule has 32 heavy (non-hydrogen) atoms. The first-order valence-corrected chi connectivity index (χ1v) is 11.5. The maximum atomic E-state index is 12.3. The van der Waals surface area contributed by atoms with Gasteiger partial charge < -0.3 is 19.5 Å². The van der Waals surface area contributed by atoms with Crippen molar-refractivity contribution in [1.29, 1.82) is 0 Å². The lowest BCUT2D eigenvalue weighted by Crippen LogP contribution is -2.42. The molecule has 1 unspecified atom stereocenters. The van der Waals surface area contributed by atoms with Crippen LogP contribution in [0.4, 0.5) is 4.79 Å². The molecule has 1 rings (SSSR count). The van der Waals surface area contributed by atoms with Crippen LogP contribution in [0.3, 0.4) is 0 Å². The molecule has 0 spiro atoms. The molecule has 0 aliphatic heterocycles. The van der Waals surface area contributed by atoms with Gasteiger partial charge in [-0.2, -0.15) is 0 Å². The van der Waals surface area contributed by atoms with Crippen LogP contribution in [0.5, 0.6) is 0 Å². The van der Waals surface area contributed by atoms with Gasteiger partial charge in [-0.25, -0.2) is 4.79 Å². The van der Waals surface area contributed by atoms with Crippen molar-refractivity contribution in [3.8, 4) is 0 Å². The van der Waals surface area contributed by atoms with Gasteiger partial charge in [0.05, 0.1) is 25.0 Å². The van der Waals surface area contributed by atoms with Crippen LogP contribution in [0.2, 0.25) is 0 Å². The summed E-state index contributed by atoms with van der Waals surface area (Å²) in [6.07, 6.45) is 1.99. The average molecular weight is 448 g/mol. The van der Waals surface area contributed by atoms with Gasteiger partial charge >= 0.3 is 6.09 Å². The van der Waals surface area contributed by atoms with Crippen molar-refractivity contribution in [3.05, 3.63) is 48.2 Å². The van der Waals surface area contributed by atoms with E-state index in [2.05, 4.69) is 84.6 Å². The number of hydrogen-bond acceptors (Lipinski definition) is 4. The fraction of sp³-hybridized carbons (Fsp3) is 0.667. The van der Waals surface area contributed by atoms with E-state index in [1.807, 2.05) is 13.8 Å². The van der Waals surface area contributed by atoms with Crippen molar-refractivity contribution in [3.63, 3.8) is 0 Å². The molecular formula is C27H45NO4. The van der Waals surface area contributed by atoms with Crippen LogP contribution in [0, 0.1) is 10.8 Å². The van der Waals surface area contributed by atoms with E-state index in [0.717, 1.165) is 12.0 Å². The summed E-state index contributed by atoms with van der Waals surface area (Å²) in [7, 11) is 0. The Labute approximate surface area is 195 Å². The van der Waals surface area contributed by atoms with Crippen LogP contribution >= 0.6 is 0 Å². The van der Waals surface area contributed by atoms with Crippen LogP contribution in [0.1, 0.15) is 79.9 Å². The van der Waals surface area contributed by atoms with Gasteiger partial charge in [-0.05, 0) is 47.6 Å². The minimum absolute atomic E-state index is 0.0248. The van der Waals surface area contributed by atoms with Crippen LogP contribution in [-0.4, -0.2) is 32.5 Å². The van der Waals surface area contributed by atoms with Crippen LogP contribution in [-0.2, 0) is 25.2 Å². The summed E-state index contributed by atoms with van der Waals surface area (Å²) in [5, 5.41) is 2.96. The Bertz CT molecular complexity index is 726. The molecule has 5 nitrogen and oxygen atoms in total. The first-order chi connectivity index (χ1) is 14.6. The van der Waals surface area contributed by atoms with E-state index in [-0.39, 0.29) is 22.9 Å². The summed E-state index contributed by atoms with van der Waals surface area (Å²) in [6, 6.07) is 8.65. The normalized spacial score (nSPS) is 14.4. The highest BCUT2D eigenvalue weighted by Crippen LogP contribution is 2.48. The van der Waals surface area contributed by atoms with Crippen molar-refractivity contribution >= 4 is 6.09 Å². The minimum Gasteiger partial charge on any atom is -0.499 e. The van der Waals surface area contributed by atoms with Gasteiger partial charge in [0.25, 0.3) is 0 Å². The zero-order valence-electron chi connectivity index (χ0n) is 21.8. The number of carbonyl (C=O) groups is 1. The van der Waals surface area contributed by atoms with Crippen LogP contribution in [0.15, 0.2) is 37.1 Å². The average Bonchev–Trinajstić information content (AvgIpc) is 2.65. The number of nitrogens with one attached hydrogen (secondary N) is 1. The fourth-order valence-electron chi connectivity index (χ4n) is 3.96. The van der Waals surface area contributed by atoms with E-state index in [1.165, 1.54) is 11.8 Å². The largest absolute Gasteiger partial charge is 0.499 e. The molecular weight excluding hydrogens is 402 g/mol. The maximum Gasteiger partial charge on any atom is 0.407 e. The molecule has 0 bridgehead atoms. The van der Waals surface area contributed by atoms with Gasteiger partial charge in [-0.3, -0.25) is 0 Å². The van der Waals surface area contributed by atoms with Gasteiger partial charge in [0.2, 0.25) is 0 Å². The smallest absolute Gasteiger partial charge is 0.407 e. The maximum absolute atomic E-state index is 12.3. The van der Waals surface area contributed by atoms with Crippen LogP contribution in [0.25, 0.3) is 0 Å². The zero-order valence-corrected chi connectivity index (χ0v) is 21.8. The fourth-order valence-corrected chi connectivity index (χ4v) is 3.96. The van der Waals surface area contributed by atoms with E-state index >= 15 is 0 Å². The molecule has 1 aromatic rings. The Hall–Kier alpha value is -2.01. The third-order valence-corrected chi connectivity index (χ3v) is 6.12. The molecule has 0 saturated carbocycles. The SMILES string of the molecule is C=COCCOCCOC(=O)NC(C)(C)c1ccc(C(C)(CC(C)(C)C)C(C)(C)C)cc1. The predicted molar refractivity (Wildman–Crippen MR) is 132 cm³/mol. The number of hydrogen-bond donors (Lipinski definition) is 1. The monoisotopic (exact) mass is 447 g/mol. The van der Waals surface area contributed by atoms with E-state index < -0.39 is 11.6 Å². The predicted octanol–water partition coefficient (Wildman–Crippen LogP) is 6.56. The highest BCUT2D eigenvalue weighted by Gasteiger charge is 2.41. The summed E-state index contributed by atoms with van der Waals surface area (Å²) in [4.78, 5) is 12.3. The first-order valence-electron chi connectivity index (χ1n) is 11.5. The van der Waals surface area contributed by atoms with Crippen molar-refractivity contribution in [2.75, 3.05) is 26.4 Å². The number of alkyl carbamates (subject to hydrolysis) is 1. The molecule has 0 heterocycles. The molecule has 0 saturated heterocycles.